The predicted molar refractivity (Wildman–Crippen MR) is 210 cm³/mol. The number of ether oxygens (including phenoxy) is 8. The van der Waals surface area contributed by atoms with Crippen molar-refractivity contribution < 1.29 is 86.1 Å². The van der Waals surface area contributed by atoms with E-state index in [4.69, 9.17) is 42.3 Å². The molecule has 1 aromatic carbocycles. The molecule has 3 N–H and O–H groups in total. The lowest BCUT2D eigenvalue weighted by Gasteiger charge is -2.67. The average molecular weight is 882 g/mol. The Kier molecular flexibility index (Phi) is 11.3. The number of Topliss-reactive ketones (excluding diaryl/α,β-unsaturated/α-hetero) is 1. The van der Waals surface area contributed by atoms with Crippen LogP contribution in [0.4, 0.5) is 9.59 Å². The van der Waals surface area contributed by atoms with Crippen molar-refractivity contribution >= 4 is 41.9 Å². The molecule has 12 atom stereocenters. The molecule has 3 heterocycles. The van der Waals surface area contributed by atoms with E-state index in [2.05, 4.69) is 5.32 Å². The van der Waals surface area contributed by atoms with Crippen LogP contribution in [0.3, 0.4) is 0 Å². The van der Waals surface area contributed by atoms with E-state index in [1.165, 1.54) is 58.2 Å². The maximum absolute atomic E-state index is 15.6. The zero-order valence-electron chi connectivity index (χ0n) is 36.2. The molecule has 2 aromatic rings. The van der Waals surface area contributed by atoms with Crippen LogP contribution in [0.15, 0.2) is 64.3 Å². The van der Waals surface area contributed by atoms with Crippen molar-refractivity contribution in [1.29, 1.82) is 0 Å². The summed E-state index contributed by atoms with van der Waals surface area (Å²) in [4.78, 5) is 97.5. The van der Waals surface area contributed by atoms with E-state index >= 15 is 4.79 Å². The van der Waals surface area contributed by atoms with Crippen LogP contribution >= 0.6 is 0 Å². The van der Waals surface area contributed by atoms with Gasteiger partial charge in [0, 0.05) is 25.7 Å². The largest absolute Gasteiger partial charge is 0.509 e. The van der Waals surface area contributed by atoms with Crippen molar-refractivity contribution in [3.05, 3.63) is 71.2 Å². The second kappa shape index (κ2) is 15.8. The first-order valence-electron chi connectivity index (χ1n) is 20.4. The molecular weight excluding hydrogens is 830 g/mol. The van der Waals surface area contributed by atoms with E-state index in [9.17, 15) is 39.0 Å². The molecule has 63 heavy (non-hydrogen) atoms. The van der Waals surface area contributed by atoms with Crippen molar-refractivity contribution in [3.63, 3.8) is 0 Å². The minimum Gasteiger partial charge on any atom is -0.467 e. The fourth-order valence-electron chi connectivity index (χ4n) is 10.3. The summed E-state index contributed by atoms with van der Waals surface area (Å²) in [7, 11) is 0. The van der Waals surface area contributed by atoms with Gasteiger partial charge in [0.1, 0.15) is 23.5 Å². The van der Waals surface area contributed by atoms with Crippen LogP contribution in [0.1, 0.15) is 90.9 Å². The molecule has 5 aliphatic rings. The summed E-state index contributed by atoms with van der Waals surface area (Å²) in [5.74, 6) is -6.86. The second-order valence-corrected chi connectivity index (χ2v) is 18.3. The molecule has 19 heteroatoms. The Labute approximate surface area is 361 Å². The lowest BCUT2D eigenvalue weighted by Crippen LogP contribution is -2.83. The summed E-state index contributed by atoms with van der Waals surface area (Å²) in [6.07, 6.45) is -13.9. The summed E-state index contributed by atoms with van der Waals surface area (Å²) in [6.45, 7) is 12.4. The minimum atomic E-state index is -2.40. The predicted octanol–water partition coefficient (Wildman–Crippen LogP) is 3.58. The molecule has 1 spiro atoms. The van der Waals surface area contributed by atoms with Crippen LogP contribution in [0.25, 0.3) is 0 Å². The molecule has 0 radical (unpaired) electrons. The van der Waals surface area contributed by atoms with Gasteiger partial charge in [-0.15, -0.1) is 0 Å². The summed E-state index contributed by atoms with van der Waals surface area (Å²) in [6, 6.07) is 8.88. The van der Waals surface area contributed by atoms with Crippen molar-refractivity contribution in [2.24, 2.45) is 16.7 Å². The zero-order valence-corrected chi connectivity index (χ0v) is 36.2. The molecule has 4 fully saturated rings. The van der Waals surface area contributed by atoms with Gasteiger partial charge in [0.25, 0.3) is 0 Å². The first-order chi connectivity index (χ1) is 29.4. The van der Waals surface area contributed by atoms with Crippen LogP contribution in [0.5, 0.6) is 0 Å². The van der Waals surface area contributed by atoms with Gasteiger partial charge in [-0.05, 0) is 70.0 Å². The zero-order chi connectivity index (χ0) is 46.2. The van der Waals surface area contributed by atoms with Crippen LogP contribution in [-0.4, -0.2) is 118 Å². The number of esters is 4. The Balaban J connectivity index is 1.46. The molecule has 1 unspecified atom stereocenters. The van der Waals surface area contributed by atoms with Gasteiger partial charge >= 0.3 is 36.1 Å². The van der Waals surface area contributed by atoms with Gasteiger partial charge in [-0.1, -0.05) is 32.0 Å². The van der Waals surface area contributed by atoms with Crippen molar-refractivity contribution in [2.75, 3.05) is 6.61 Å². The maximum atomic E-state index is 15.6. The third-order valence-electron chi connectivity index (χ3n) is 13.0. The number of aliphatic hydroxyl groups is 2. The number of hydrogen-bond acceptors (Lipinski definition) is 18. The highest BCUT2D eigenvalue weighted by molar-refractivity contribution is 5.96. The number of carbonyl (C=O) groups is 7. The molecule has 2 aliphatic heterocycles. The monoisotopic (exact) mass is 881 g/mol. The van der Waals surface area contributed by atoms with E-state index in [1.54, 1.807) is 39.0 Å². The highest BCUT2D eigenvalue weighted by atomic mass is 16.8. The quantitative estimate of drug-likeness (QED) is 0.185. The first-order valence-corrected chi connectivity index (χ1v) is 20.4. The number of carbonyl (C=O) groups excluding carboxylic acids is 7. The van der Waals surface area contributed by atoms with Gasteiger partial charge < -0.3 is 57.8 Å². The molecule has 2 saturated heterocycles. The third kappa shape index (κ3) is 7.22. The number of hydrogen-bond donors (Lipinski definition) is 3. The Morgan fingerprint density at radius 2 is 1.62 bits per heavy atom. The number of fused-ring (bicyclic) bond motifs is 4. The highest BCUT2D eigenvalue weighted by Crippen LogP contribution is 2.67. The molecule has 3 aliphatic carbocycles. The van der Waals surface area contributed by atoms with Crippen LogP contribution in [-0.2, 0) is 57.1 Å². The van der Waals surface area contributed by atoms with Crippen molar-refractivity contribution in [2.45, 2.75) is 134 Å². The normalized spacial score (nSPS) is 33.7. The number of rotatable bonds is 9. The molecule has 340 valence electrons. The standard InChI is InChI=1S/C44H51NO18/c1-20-27-31(57-21(2)46)33(50)42(9)25(48)18-26-43(19-56-26,61-22(3)47)32(42)35(59-36(51)23-14-11-10-12-15-23)44(41(27,7)8)34(60-39(54)63-44)30(20)58-37(52)29(49)28(24-16-13-17-55-24)45-38(53)62-40(4,5)6/h10-17,25-26,28-32,34-35,48-49H,18-19H2,1-9H3,(H,45,53)/t25-,26+,28-,29+,30+,31+,32?,34-,35-,42+,43-,44+/m0/s1. The smallest absolute Gasteiger partial charge is 0.467 e. The number of nitrogens with one attached hydrogen (secondary N) is 1. The van der Waals surface area contributed by atoms with E-state index in [-0.39, 0.29) is 35.5 Å². The SMILES string of the molecule is CC(=O)O[C@H]1C(=O)[C@@]2(C)C([C@H](OC(=O)c3ccccc3)[C@]34OC(=O)O[C@H]3[C@H](OC(=O)[C@H](O)[C@@H](NC(=O)OC(C)(C)C)c3ccco3)C(C)=C1C4(C)C)[C@]1(OC(C)=O)CO[C@@H]1C[C@@H]2O. The number of aliphatic hydroxyl groups excluding tert-OH is 2. The summed E-state index contributed by atoms with van der Waals surface area (Å²) in [5.41, 5.74) is -9.26. The molecular formula is C44H51NO18. The Bertz CT molecular complexity index is 2230. The number of amides is 1. The van der Waals surface area contributed by atoms with Gasteiger partial charge in [-0.25, -0.2) is 19.2 Å². The Hall–Kier alpha value is -5.79. The molecule has 1 aromatic heterocycles. The lowest BCUT2D eigenvalue weighted by atomic mass is 9.44. The van der Waals surface area contributed by atoms with E-state index in [0.29, 0.717) is 0 Å². The minimum absolute atomic E-state index is 0.00577. The Morgan fingerprint density at radius 3 is 2.19 bits per heavy atom. The number of benzene rings is 1. The van der Waals surface area contributed by atoms with Gasteiger partial charge in [0.2, 0.25) is 5.60 Å². The fraction of sp³-hybridized carbons (Fsp3) is 0.568. The molecule has 2 bridgehead atoms. The van der Waals surface area contributed by atoms with E-state index in [1.807, 2.05) is 0 Å². The molecule has 19 nitrogen and oxygen atoms in total. The average Bonchev–Trinajstić information content (AvgIpc) is 3.86. The number of ketones is 1. The maximum Gasteiger partial charge on any atom is 0.509 e. The van der Waals surface area contributed by atoms with Crippen LogP contribution in [0.2, 0.25) is 0 Å². The summed E-state index contributed by atoms with van der Waals surface area (Å²) in [5, 5.41) is 26.3. The fourth-order valence-corrected chi connectivity index (χ4v) is 10.3. The second-order valence-electron chi connectivity index (χ2n) is 18.3. The Morgan fingerprint density at radius 1 is 0.937 bits per heavy atom. The number of alkyl carbamates (subject to hydrolysis) is 1. The van der Waals surface area contributed by atoms with Gasteiger partial charge in [-0.3, -0.25) is 14.4 Å². The molecule has 1 amide bonds. The van der Waals surface area contributed by atoms with Crippen molar-refractivity contribution in [1.82, 2.24) is 5.32 Å². The van der Waals surface area contributed by atoms with Crippen LogP contribution in [0, 0.1) is 16.7 Å². The van der Waals surface area contributed by atoms with E-state index < -0.39 is 124 Å². The summed E-state index contributed by atoms with van der Waals surface area (Å²) >= 11 is 0. The third-order valence-corrected chi connectivity index (χ3v) is 13.0. The topological polar surface area (TPSA) is 259 Å². The van der Waals surface area contributed by atoms with Crippen molar-refractivity contribution in [3.8, 4) is 0 Å². The number of furan rings is 1. The van der Waals surface area contributed by atoms with Gasteiger partial charge in [0.15, 0.2) is 41.9 Å². The molecule has 7 rings (SSSR count). The van der Waals surface area contributed by atoms with Crippen LogP contribution < -0.4 is 5.32 Å². The highest BCUT2D eigenvalue weighted by Gasteiger charge is 2.83. The lowest BCUT2D eigenvalue weighted by molar-refractivity contribution is -0.345. The van der Waals surface area contributed by atoms with E-state index in [0.717, 1.165) is 13.8 Å². The molecule has 2 saturated carbocycles. The first kappa shape index (κ1) is 45.2. The van der Waals surface area contributed by atoms with Gasteiger partial charge in [0.05, 0.1) is 35.9 Å². The van der Waals surface area contributed by atoms with Gasteiger partial charge in [-0.2, -0.15) is 0 Å². The summed E-state index contributed by atoms with van der Waals surface area (Å²) < 4.78 is 53.5.